The maximum absolute atomic E-state index is 14.3. The molecule has 0 aromatic heterocycles. The monoisotopic (exact) mass is 774 g/mol. The van der Waals surface area contributed by atoms with E-state index in [2.05, 4.69) is 6.92 Å². The molecule has 3 fully saturated rings. The molecule has 0 amide bonds. The molecule has 0 saturated carbocycles. The summed E-state index contributed by atoms with van der Waals surface area (Å²) in [5.41, 5.74) is -3.85. The molecular formula is C41H75NO12. The van der Waals surface area contributed by atoms with Crippen molar-refractivity contribution >= 4 is 11.9 Å². The number of nitrogens with zero attached hydrogens (tertiary/aromatic N) is 1. The molecule has 0 radical (unpaired) electrons. The molecule has 3 N–H and O–H groups in total. The Kier molecular flexibility index (Phi) is 16.4. The van der Waals surface area contributed by atoms with Gasteiger partial charge < -0.3 is 53.4 Å². The first kappa shape index (κ1) is 47.0. The molecule has 0 aliphatic carbocycles. The smallest absolute Gasteiger partial charge is 0.315 e. The Bertz CT molecular complexity index is 1210. The van der Waals surface area contributed by atoms with Crippen molar-refractivity contribution in [1.29, 1.82) is 0 Å². The SMILES string of the molecule is CC[C@H]1OC(=O)[C@H](C)C(OC2C[C@@](C)(OC)C(C)[C@H](C)O2)[C@H](C)C(OC2O[C@H](C)CC(N(C)C)C2C(=O)OC)[C@](C)(O)C[C@@H](C)CC[C@H](C)C(O)[C@@]1(C)O. The minimum atomic E-state index is -1.73. The molecule has 0 aromatic carbocycles. The summed E-state index contributed by atoms with van der Waals surface area (Å²) >= 11 is 0. The molecule has 54 heavy (non-hydrogen) atoms. The number of carbonyl (C=O) groups excluding carboxylic acids is 2. The highest BCUT2D eigenvalue weighted by Crippen LogP contribution is 2.42. The fraction of sp³-hybridized carbons (Fsp3) is 0.951. The maximum Gasteiger partial charge on any atom is 0.315 e. The van der Waals surface area contributed by atoms with Crippen LogP contribution >= 0.6 is 0 Å². The van der Waals surface area contributed by atoms with E-state index < -0.39 is 83.5 Å². The highest BCUT2D eigenvalue weighted by Gasteiger charge is 2.53. The number of aliphatic hydroxyl groups excluding tert-OH is 1. The van der Waals surface area contributed by atoms with Crippen LogP contribution in [0.2, 0.25) is 0 Å². The molecule has 13 nitrogen and oxygen atoms in total. The van der Waals surface area contributed by atoms with Crippen LogP contribution in [-0.4, -0.2) is 133 Å². The first-order valence-corrected chi connectivity index (χ1v) is 20.2. The lowest BCUT2D eigenvalue weighted by Gasteiger charge is -2.49. The molecule has 0 aromatic rings. The second-order valence-corrected chi connectivity index (χ2v) is 17.9. The summed E-state index contributed by atoms with van der Waals surface area (Å²) < 4.78 is 43.9. The van der Waals surface area contributed by atoms with Crippen LogP contribution in [0.25, 0.3) is 0 Å². The van der Waals surface area contributed by atoms with Gasteiger partial charge >= 0.3 is 11.9 Å². The minimum absolute atomic E-state index is 0.0418. The van der Waals surface area contributed by atoms with E-state index in [9.17, 15) is 24.9 Å². The average Bonchev–Trinajstić information content (AvgIpc) is 3.10. The number of methoxy groups -OCH3 is 2. The van der Waals surface area contributed by atoms with Gasteiger partial charge in [-0.2, -0.15) is 0 Å². The molecular weight excluding hydrogens is 698 g/mol. The van der Waals surface area contributed by atoms with Crippen molar-refractivity contribution in [1.82, 2.24) is 4.90 Å². The third-order valence-corrected chi connectivity index (χ3v) is 13.2. The van der Waals surface area contributed by atoms with Gasteiger partial charge in [0.2, 0.25) is 0 Å². The van der Waals surface area contributed by atoms with Gasteiger partial charge in [-0.15, -0.1) is 0 Å². The van der Waals surface area contributed by atoms with Crippen LogP contribution in [0.5, 0.6) is 0 Å². The molecule has 0 spiro atoms. The van der Waals surface area contributed by atoms with Gasteiger partial charge in [0, 0.05) is 31.4 Å². The first-order valence-electron chi connectivity index (χ1n) is 20.2. The standard InChI is InChI=1S/C41H75NO12/c1-16-30-41(11,47)34(43)23(3)18-17-22(2)20-39(9,46)35(54-38-32(37(45)48-14)29(42(12)13)19-24(4)50-38)25(5)33(26(6)36(44)52-30)53-31-21-40(10,49-15)27(7)28(8)51-31/h22-35,38,43,46-47H,16-21H2,1-15H3/t22-,23-,24+,25-,26+,27?,28-,29?,30+,31?,32?,33?,34?,35?,38?,39+,40+,41-/m0/s1. The lowest BCUT2D eigenvalue weighted by atomic mass is 9.76. The van der Waals surface area contributed by atoms with E-state index in [1.165, 1.54) is 14.0 Å². The van der Waals surface area contributed by atoms with Gasteiger partial charge in [0.1, 0.15) is 17.6 Å². The number of cyclic esters (lactones) is 1. The lowest BCUT2D eigenvalue weighted by molar-refractivity contribution is -0.306. The fourth-order valence-corrected chi connectivity index (χ4v) is 9.28. The Labute approximate surface area is 325 Å². The van der Waals surface area contributed by atoms with Crippen LogP contribution in [0.3, 0.4) is 0 Å². The third kappa shape index (κ3) is 10.5. The largest absolute Gasteiger partial charge is 0.469 e. The van der Waals surface area contributed by atoms with E-state index in [0.717, 1.165) is 0 Å². The van der Waals surface area contributed by atoms with Crippen molar-refractivity contribution < 1.29 is 58.1 Å². The van der Waals surface area contributed by atoms with Crippen molar-refractivity contribution in [3.63, 3.8) is 0 Å². The number of carbonyl (C=O) groups is 2. The summed E-state index contributed by atoms with van der Waals surface area (Å²) in [5.74, 6) is -3.99. The molecule has 13 heteroatoms. The predicted octanol–water partition coefficient (Wildman–Crippen LogP) is 4.70. The van der Waals surface area contributed by atoms with Gasteiger partial charge in [0.15, 0.2) is 12.6 Å². The van der Waals surface area contributed by atoms with Gasteiger partial charge in [-0.3, -0.25) is 9.59 Å². The molecule has 3 heterocycles. The Morgan fingerprint density at radius 2 is 1.57 bits per heavy atom. The summed E-state index contributed by atoms with van der Waals surface area (Å²) in [5, 5.41) is 35.7. The van der Waals surface area contributed by atoms with E-state index in [1.54, 1.807) is 27.9 Å². The van der Waals surface area contributed by atoms with Gasteiger partial charge in [0.25, 0.3) is 0 Å². The molecule has 18 atom stereocenters. The molecule has 316 valence electrons. The van der Waals surface area contributed by atoms with Crippen LogP contribution in [0.15, 0.2) is 0 Å². The molecule has 3 aliphatic rings. The molecule has 3 saturated heterocycles. The van der Waals surface area contributed by atoms with Gasteiger partial charge in [-0.1, -0.05) is 41.0 Å². The van der Waals surface area contributed by atoms with Gasteiger partial charge in [-0.25, -0.2) is 0 Å². The summed E-state index contributed by atoms with van der Waals surface area (Å²) in [6, 6.07) is -0.272. The number of hydrogen-bond donors (Lipinski definition) is 3. The average molecular weight is 774 g/mol. The molecule has 0 bridgehead atoms. The topological polar surface area (TPSA) is 163 Å². The van der Waals surface area contributed by atoms with Crippen LogP contribution in [0, 0.1) is 35.5 Å². The van der Waals surface area contributed by atoms with Crippen LogP contribution in [-0.2, 0) is 42.7 Å². The highest BCUT2D eigenvalue weighted by molar-refractivity contribution is 5.74. The Hall–Kier alpha value is -1.42. The van der Waals surface area contributed by atoms with E-state index in [4.69, 9.17) is 33.2 Å². The number of ether oxygens (including phenoxy) is 7. The number of hydrogen-bond acceptors (Lipinski definition) is 13. The van der Waals surface area contributed by atoms with Crippen molar-refractivity contribution in [2.45, 2.75) is 187 Å². The first-order chi connectivity index (χ1) is 24.9. The highest BCUT2D eigenvalue weighted by atomic mass is 16.7. The third-order valence-electron chi connectivity index (χ3n) is 13.2. The normalized spacial score (nSPS) is 47.7. The summed E-state index contributed by atoms with van der Waals surface area (Å²) in [7, 11) is 6.80. The zero-order valence-corrected chi connectivity index (χ0v) is 35.9. The molecule has 3 aliphatic heterocycles. The van der Waals surface area contributed by atoms with E-state index in [1.807, 2.05) is 60.5 Å². The van der Waals surface area contributed by atoms with Crippen molar-refractivity contribution in [3.05, 3.63) is 0 Å². The van der Waals surface area contributed by atoms with Crippen LogP contribution in [0.4, 0.5) is 0 Å². The fourth-order valence-electron chi connectivity index (χ4n) is 9.28. The van der Waals surface area contributed by atoms with Crippen molar-refractivity contribution in [2.24, 2.45) is 35.5 Å². The number of rotatable bonds is 8. The predicted molar refractivity (Wildman–Crippen MR) is 203 cm³/mol. The minimum Gasteiger partial charge on any atom is -0.469 e. The lowest BCUT2D eigenvalue weighted by Crippen LogP contribution is -2.59. The zero-order chi connectivity index (χ0) is 41.1. The van der Waals surface area contributed by atoms with E-state index in [0.29, 0.717) is 25.7 Å². The van der Waals surface area contributed by atoms with Crippen LogP contribution < -0.4 is 0 Å². The maximum atomic E-state index is 14.3. The quantitative estimate of drug-likeness (QED) is 0.292. The summed E-state index contributed by atoms with van der Waals surface area (Å²) in [6.07, 6.45) is -3.93. The summed E-state index contributed by atoms with van der Waals surface area (Å²) in [4.78, 5) is 29.7. The number of aliphatic hydroxyl groups is 3. The van der Waals surface area contributed by atoms with Crippen molar-refractivity contribution in [3.8, 4) is 0 Å². The second kappa shape index (κ2) is 18.9. The van der Waals surface area contributed by atoms with Crippen molar-refractivity contribution in [2.75, 3.05) is 28.3 Å². The molecule has 3 rings (SSSR count). The zero-order valence-electron chi connectivity index (χ0n) is 35.9. The molecule has 8 unspecified atom stereocenters. The van der Waals surface area contributed by atoms with Gasteiger partial charge in [-0.05, 0) is 93.2 Å². The Balaban J connectivity index is 2.21. The second-order valence-electron chi connectivity index (χ2n) is 17.9. The number of esters is 2. The summed E-state index contributed by atoms with van der Waals surface area (Å²) in [6.45, 7) is 20.5. The van der Waals surface area contributed by atoms with E-state index >= 15 is 0 Å². The van der Waals surface area contributed by atoms with Gasteiger partial charge in [0.05, 0.1) is 54.7 Å². The Morgan fingerprint density at radius 3 is 2.13 bits per heavy atom. The Morgan fingerprint density at radius 1 is 0.944 bits per heavy atom. The van der Waals surface area contributed by atoms with E-state index in [-0.39, 0.29) is 48.8 Å². The van der Waals surface area contributed by atoms with Crippen LogP contribution in [0.1, 0.15) is 115 Å².